The van der Waals surface area contributed by atoms with Crippen LogP contribution < -0.4 is 4.83 Å². The summed E-state index contributed by atoms with van der Waals surface area (Å²) < 4.78 is 24.5. The second kappa shape index (κ2) is 6.79. The second-order valence-corrected chi connectivity index (χ2v) is 7.90. The number of hydrazone groups is 1. The average Bonchev–Trinajstić information content (AvgIpc) is 2.45. The van der Waals surface area contributed by atoms with Crippen LogP contribution in [-0.2, 0) is 10.0 Å². The molecule has 0 aliphatic heterocycles. The number of rotatable bonds is 4. The minimum Gasteiger partial charge on any atom is -0.392 e. The molecule has 0 heterocycles. The van der Waals surface area contributed by atoms with Crippen molar-refractivity contribution in [1.29, 1.82) is 0 Å². The Hall–Kier alpha value is -1.40. The van der Waals surface area contributed by atoms with Gasteiger partial charge in [-0.25, -0.2) is 4.83 Å². The van der Waals surface area contributed by atoms with Crippen LogP contribution in [0.1, 0.15) is 38.7 Å². The van der Waals surface area contributed by atoms with Gasteiger partial charge >= 0.3 is 0 Å². The van der Waals surface area contributed by atoms with E-state index in [1.54, 1.807) is 24.3 Å². The largest absolute Gasteiger partial charge is 0.392 e. The van der Waals surface area contributed by atoms with Crippen LogP contribution in [-0.4, -0.2) is 25.3 Å². The molecule has 0 bridgehead atoms. The molecule has 1 aliphatic rings. The third-order valence-corrected chi connectivity index (χ3v) is 5.32. The molecule has 5 nitrogen and oxygen atoms in total. The number of nitrogens with one attached hydrogen (secondary N) is 1. The second-order valence-electron chi connectivity index (χ2n) is 6.24. The summed E-state index contributed by atoms with van der Waals surface area (Å²) in [6, 6.07) is 6.63. The number of aliphatic hydroxyl groups excluding tert-OH is 1. The molecule has 1 aromatic carbocycles. The molecule has 0 radical (unpaired) electrons. The highest BCUT2D eigenvalue weighted by Crippen LogP contribution is 2.28. The molecular formula is C16H24N2O3S. The first-order valence-electron chi connectivity index (χ1n) is 7.64. The molecule has 6 heteroatoms. The molecule has 1 fully saturated rings. The van der Waals surface area contributed by atoms with E-state index in [-0.39, 0.29) is 16.7 Å². The van der Waals surface area contributed by atoms with Crippen LogP contribution in [0.5, 0.6) is 0 Å². The van der Waals surface area contributed by atoms with E-state index in [1.807, 2.05) is 20.8 Å². The smallest absolute Gasteiger partial charge is 0.276 e. The number of hydrogen-bond donors (Lipinski definition) is 2. The van der Waals surface area contributed by atoms with Crippen LogP contribution in [0.25, 0.3) is 0 Å². The fourth-order valence-electron chi connectivity index (χ4n) is 2.91. The summed E-state index contributed by atoms with van der Waals surface area (Å²) in [4.78, 5) is 2.51. The van der Waals surface area contributed by atoms with Crippen molar-refractivity contribution in [3.05, 3.63) is 29.8 Å². The van der Waals surface area contributed by atoms with Crippen LogP contribution in [0.15, 0.2) is 34.3 Å². The average molecular weight is 324 g/mol. The van der Waals surface area contributed by atoms with Gasteiger partial charge in [-0.05, 0) is 44.2 Å². The van der Waals surface area contributed by atoms with Crippen molar-refractivity contribution in [2.45, 2.75) is 51.0 Å². The van der Waals surface area contributed by atoms with Gasteiger partial charge in [0.25, 0.3) is 10.0 Å². The Balaban J connectivity index is 2.20. The lowest BCUT2D eigenvalue weighted by atomic mass is 9.78. The highest BCUT2D eigenvalue weighted by atomic mass is 32.2. The lowest BCUT2D eigenvalue weighted by Gasteiger charge is -2.32. The molecule has 2 atom stereocenters. The van der Waals surface area contributed by atoms with Crippen molar-refractivity contribution in [3.8, 4) is 0 Å². The summed E-state index contributed by atoms with van der Waals surface area (Å²) in [5.74, 6) is 0.132. The maximum atomic E-state index is 12.3. The minimum absolute atomic E-state index is 0.0885. The molecule has 0 unspecified atom stereocenters. The lowest BCUT2D eigenvalue weighted by Crippen LogP contribution is -2.37. The fourth-order valence-corrected chi connectivity index (χ4v) is 3.75. The van der Waals surface area contributed by atoms with Gasteiger partial charge < -0.3 is 5.11 Å². The molecule has 0 saturated heterocycles. The first-order valence-corrected chi connectivity index (χ1v) is 9.12. The van der Waals surface area contributed by atoms with E-state index < -0.39 is 16.1 Å². The molecule has 1 aliphatic carbocycles. The van der Waals surface area contributed by atoms with Gasteiger partial charge in [-0.15, -0.1) is 0 Å². The van der Waals surface area contributed by atoms with Crippen LogP contribution in [0.4, 0.5) is 0 Å². The number of sulfonamides is 1. The van der Waals surface area contributed by atoms with E-state index in [4.69, 9.17) is 0 Å². The number of nitrogens with zero attached hydrogens (tertiary/aromatic N) is 1. The Morgan fingerprint density at radius 2 is 1.91 bits per heavy atom. The van der Waals surface area contributed by atoms with E-state index in [2.05, 4.69) is 9.93 Å². The molecule has 0 spiro atoms. The molecule has 22 heavy (non-hydrogen) atoms. The van der Waals surface area contributed by atoms with Gasteiger partial charge in [0.1, 0.15) is 0 Å². The third kappa shape index (κ3) is 3.87. The van der Waals surface area contributed by atoms with Crippen molar-refractivity contribution in [3.63, 3.8) is 0 Å². The number of aryl methyl sites for hydroxylation is 1. The number of benzene rings is 1. The first kappa shape index (κ1) is 17.0. The molecule has 1 saturated carbocycles. The summed E-state index contributed by atoms with van der Waals surface area (Å²) in [5, 5.41) is 14.3. The first-order chi connectivity index (χ1) is 10.3. The third-order valence-electron chi connectivity index (χ3n) is 4.09. The van der Waals surface area contributed by atoms with Crippen LogP contribution in [0, 0.1) is 18.8 Å². The molecule has 122 valence electrons. The Bertz CT molecular complexity index is 636. The SMILES string of the molecule is Cc1ccc(S(=O)(=O)N/N=C2\CCC[C@H](O)[C@@H]2C(C)C)cc1. The molecule has 2 rings (SSSR count). The van der Waals surface area contributed by atoms with E-state index in [0.29, 0.717) is 0 Å². The molecule has 0 amide bonds. The predicted octanol–water partition coefficient (Wildman–Crippen LogP) is 2.45. The summed E-state index contributed by atoms with van der Waals surface area (Å²) in [6.07, 6.45) is 1.84. The van der Waals surface area contributed by atoms with Crippen molar-refractivity contribution >= 4 is 15.7 Å². The van der Waals surface area contributed by atoms with Crippen LogP contribution in [0.2, 0.25) is 0 Å². The van der Waals surface area contributed by atoms with Crippen LogP contribution >= 0.6 is 0 Å². The topological polar surface area (TPSA) is 78.8 Å². The highest BCUT2D eigenvalue weighted by Gasteiger charge is 2.31. The van der Waals surface area contributed by atoms with Crippen LogP contribution in [0.3, 0.4) is 0 Å². The predicted molar refractivity (Wildman–Crippen MR) is 87.1 cm³/mol. The summed E-state index contributed by atoms with van der Waals surface area (Å²) in [6.45, 7) is 5.94. The van der Waals surface area contributed by atoms with Crippen molar-refractivity contribution in [2.75, 3.05) is 0 Å². The highest BCUT2D eigenvalue weighted by molar-refractivity contribution is 7.89. The standard InChI is InChI=1S/C16H24N2O3S/c1-11(2)16-14(5-4-6-15(16)19)17-18-22(20,21)13-9-7-12(3)8-10-13/h7-11,15-16,18-19H,4-6H2,1-3H3/b17-14+/t15-,16+/m0/s1. The maximum Gasteiger partial charge on any atom is 0.276 e. The van der Waals surface area contributed by atoms with Gasteiger partial charge in [-0.2, -0.15) is 13.5 Å². The van der Waals surface area contributed by atoms with Gasteiger partial charge in [0.2, 0.25) is 0 Å². The van der Waals surface area contributed by atoms with Gasteiger partial charge in [-0.3, -0.25) is 0 Å². The Labute approximate surface area is 132 Å². The van der Waals surface area contributed by atoms with Crippen molar-refractivity contribution in [1.82, 2.24) is 4.83 Å². The Kier molecular flexibility index (Phi) is 5.24. The monoisotopic (exact) mass is 324 g/mol. The van der Waals surface area contributed by atoms with Gasteiger partial charge in [0.05, 0.1) is 11.0 Å². The van der Waals surface area contributed by atoms with E-state index in [9.17, 15) is 13.5 Å². The zero-order valence-electron chi connectivity index (χ0n) is 13.3. The van der Waals surface area contributed by atoms with E-state index in [0.717, 1.165) is 30.5 Å². The minimum atomic E-state index is -3.66. The van der Waals surface area contributed by atoms with Crippen molar-refractivity contribution in [2.24, 2.45) is 16.9 Å². The molecule has 1 aromatic rings. The summed E-state index contributed by atoms with van der Waals surface area (Å²) in [5.41, 5.74) is 1.74. The van der Waals surface area contributed by atoms with Gasteiger partial charge in [0.15, 0.2) is 0 Å². The molecule has 0 aromatic heterocycles. The van der Waals surface area contributed by atoms with E-state index >= 15 is 0 Å². The Morgan fingerprint density at radius 3 is 2.50 bits per heavy atom. The Morgan fingerprint density at radius 1 is 1.27 bits per heavy atom. The molecular weight excluding hydrogens is 300 g/mol. The lowest BCUT2D eigenvalue weighted by molar-refractivity contribution is 0.0961. The summed E-state index contributed by atoms with van der Waals surface area (Å²) in [7, 11) is -3.66. The van der Waals surface area contributed by atoms with E-state index in [1.165, 1.54) is 0 Å². The van der Waals surface area contributed by atoms with Crippen molar-refractivity contribution < 1.29 is 13.5 Å². The fraction of sp³-hybridized carbons (Fsp3) is 0.562. The zero-order valence-corrected chi connectivity index (χ0v) is 14.1. The quantitative estimate of drug-likeness (QED) is 0.835. The number of aliphatic hydroxyl groups is 1. The molecule has 2 N–H and O–H groups in total. The number of hydrogen-bond acceptors (Lipinski definition) is 4. The van der Waals surface area contributed by atoms with Gasteiger partial charge in [0, 0.05) is 11.6 Å². The normalized spacial score (nSPS) is 24.7. The summed E-state index contributed by atoms with van der Waals surface area (Å²) >= 11 is 0. The van der Waals surface area contributed by atoms with Gasteiger partial charge in [-0.1, -0.05) is 31.5 Å². The maximum absolute atomic E-state index is 12.3. The zero-order chi connectivity index (χ0) is 16.3.